The maximum Gasteiger partial charge on any atom is 0.472 e. The summed E-state index contributed by atoms with van der Waals surface area (Å²) in [6.07, 6.45) is 80.3. The van der Waals surface area contributed by atoms with Crippen LogP contribution in [-0.2, 0) is 32.7 Å². The van der Waals surface area contributed by atoms with Gasteiger partial charge in [0, 0.05) is 6.42 Å². The Balaban J connectivity index is 3.92. The molecule has 0 bridgehead atoms. The van der Waals surface area contributed by atoms with Gasteiger partial charge in [0.05, 0.1) is 34.2 Å². The largest absolute Gasteiger partial charge is 0.472 e. The van der Waals surface area contributed by atoms with Crippen molar-refractivity contribution in [2.75, 3.05) is 47.5 Å². The number of allylic oxidation sites excluding steroid dienone is 13. The lowest BCUT2D eigenvalue weighted by Gasteiger charge is -2.24. The van der Waals surface area contributed by atoms with E-state index >= 15 is 0 Å². The average Bonchev–Trinajstić information content (AvgIpc) is 3.41. The Morgan fingerprint density at radius 1 is 0.423 bits per heavy atom. The molecular weight excluding hydrogens is 990 g/mol. The number of unbranched alkanes of at least 4 members (excludes halogenated alkanes) is 32. The quantitative estimate of drug-likeness (QED) is 0.0211. The highest BCUT2D eigenvalue weighted by Gasteiger charge is 2.27. The first-order valence-electron chi connectivity index (χ1n) is 32.3. The second kappa shape index (κ2) is 58.8. The molecule has 9 nitrogen and oxygen atoms in total. The van der Waals surface area contributed by atoms with Crippen LogP contribution in [0.2, 0.25) is 0 Å². The smallest absolute Gasteiger partial charge is 0.462 e. The first-order valence-corrected chi connectivity index (χ1v) is 33.8. The van der Waals surface area contributed by atoms with Crippen LogP contribution >= 0.6 is 7.82 Å². The minimum Gasteiger partial charge on any atom is -0.462 e. The van der Waals surface area contributed by atoms with Gasteiger partial charge in [0.25, 0.3) is 0 Å². The van der Waals surface area contributed by atoms with E-state index in [0.29, 0.717) is 17.4 Å². The SMILES string of the molecule is CC/C=C\C/C=C\C/C=C\C/C=C\C/C=C\CC(=O)OC(COC(=O)CCCCCCCCCCCCCCCCCCCCCCCCCCCCC/C=C\C/C=C\CCCCCCC)COP(=O)(O)OCC[N+](C)(C)C. The van der Waals surface area contributed by atoms with Crippen molar-refractivity contribution >= 4 is 19.8 Å². The Morgan fingerprint density at radius 2 is 0.769 bits per heavy atom. The Kier molecular flexibility index (Phi) is 56.7. The maximum atomic E-state index is 12.7. The van der Waals surface area contributed by atoms with Gasteiger partial charge in [-0.3, -0.25) is 18.6 Å². The molecule has 0 radical (unpaired) electrons. The molecule has 0 fully saturated rings. The molecule has 0 saturated carbocycles. The molecule has 78 heavy (non-hydrogen) atoms. The number of phosphoric ester groups is 1. The van der Waals surface area contributed by atoms with Gasteiger partial charge >= 0.3 is 19.8 Å². The van der Waals surface area contributed by atoms with E-state index in [1.54, 1.807) is 6.08 Å². The summed E-state index contributed by atoms with van der Waals surface area (Å²) in [6.45, 7) is 4.21. The predicted octanol–water partition coefficient (Wildman–Crippen LogP) is 20.6. The van der Waals surface area contributed by atoms with E-state index in [0.717, 1.165) is 51.4 Å². The number of ether oxygens (including phenoxy) is 2. The van der Waals surface area contributed by atoms with E-state index in [-0.39, 0.29) is 32.0 Å². The van der Waals surface area contributed by atoms with Crippen molar-refractivity contribution in [1.29, 1.82) is 0 Å². The molecule has 0 aromatic carbocycles. The van der Waals surface area contributed by atoms with E-state index in [1.807, 2.05) is 33.3 Å². The molecule has 0 aliphatic heterocycles. The normalized spacial score (nSPS) is 13.8. The van der Waals surface area contributed by atoms with Crippen molar-refractivity contribution in [3.63, 3.8) is 0 Å². The zero-order chi connectivity index (χ0) is 57.0. The van der Waals surface area contributed by atoms with Gasteiger partial charge in [-0.2, -0.15) is 0 Å². The summed E-state index contributed by atoms with van der Waals surface area (Å²) < 4.78 is 34.4. The number of hydrogen-bond donors (Lipinski definition) is 1. The van der Waals surface area contributed by atoms with Gasteiger partial charge in [-0.15, -0.1) is 0 Å². The Bertz CT molecular complexity index is 1590. The average molecular weight is 1110 g/mol. The third-order valence-electron chi connectivity index (χ3n) is 13.9. The lowest BCUT2D eigenvalue weighted by Crippen LogP contribution is -2.37. The molecule has 0 heterocycles. The summed E-state index contributed by atoms with van der Waals surface area (Å²) in [6, 6.07) is 0. The van der Waals surface area contributed by atoms with Gasteiger partial charge in [0.15, 0.2) is 6.10 Å². The molecule has 0 saturated heterocycles. The zero-order valence-corrected chi connectivity index (χ0v) is 52.3. The third-order valence-corrected chi connectivity index (χ3v) is 14.9. The molecule has 1 N–H and O–H groups in total. The number of hydrogen-bond acceptors (Lipinski definition) is 7. The van der Waals surface area contributed by atoms with Gasteiger partial charge in [0.2, 0.25) is 0 Å². The number of phosphoric acid groups is 1. The molecule has 0 rings (SSSR count). The fraction of sp³-hybridized carbons (Fsp3) is 0.765. The van der Waals surface area contributed by atoms with Crippen LogP contribution in [0.15, 0.2) is 85.1 Å². The summed E-state index contributed by atoms with van der Waals surface area (Å²) in [5, 5.41) is 0. The van der Waals surface area contributed by atoms with Crippen LogP contribution in [0.3, 0.4) is 0 Å². The molecule has 0 aliphatic carbocycles. The summed E-state index contributed by atoms with van der Waals surface area (Å²) in [4.78, 5) is 35.6. The summed E-state index contributed by atoms with van der Waals surface area (Å²) in [5.74, 6) is -0.940. The van der Waals surface area contributed by atoms with Crippen molar-refractivity contribution in [2.24, 2.45) is 0 Å². The molecule has 0 spiro atoms. The third kappa shape index (κ3) is 62.4. The number of rotatable bonds is 59. The molecule has 0 aliphatic rings. The van der Waals surface area contributed by atoms with Gasteiger partial charge in [0.1, 0.15) is 19.8 Å². The van der Waals surface area contributed by atoms with Crippen LogP contribution in [0.4, 0.5) is 0 Å². The first kappa shape index (κ1) is 75.2. The number of quaternary nitrogens is 1. The number of likely N-dealkylation sites (N-methyl/N-ethyl adjacent to an activating group) is 1. The van der Waals surface area contributed by atoms with E-state index < -0.39 is 26.5 Å². The Morgan fingerprint density at radius 3 is 1.15 bits per heavy atom. The minimum absolute atomic E-state index is 0.00715. The molecule has 2 atom stereocenters. The second-order valence-corrected chi connectivity index (χ2v) is 24.2. The monoisotopic (exact) mass is 1110 g/mol. The summed E-state index contributed by atoms with van der Waals surface area (Å²) in [5.41, 5.74) is 0. The molecule has 0 amide bonds. The predicted molar refractivity (Wildman–Crippen MR) is 335 cm³/mol. The maximum absolute atomic E-state index is 12.7. The molecule has 2 unspecified atom stereocenters. The fourth-order valence-electron chi connectivity index (χ4n) is 9.01. The zero-order valence-electron chi connectivity index (χ0n) is 51.4. The van der Waals surface area contributed by atoms with Crippen molar-refractivity contribution in [1.82, 2.24) is 0 Å². The van der Waals surface area contributed by atoms with Gasteiger partial charge in [-0.1, -0.05) is 285 Å². The minimum atomic E-state index is -4.41. The van der Waals surface area contributed by atoms with E-state index in [4.69, 9.17) is 18.5 Å². The van der Waals surface area contributed by atoms with Crippen LogP contribution in [0.5, 0.6) is 0 Å². The number of esters is 2. The van der Waals surface area contributed by atoms with E-state index in [9.17, 15) is 19.0 Å². The van der Waals surface area contributed by atoms with Crippen LogP contribution in [0.25, 0.3) is 0 Å². The number of carbonyl (C=O) groups is 2. The highest BCUT2D eigenvalue weighted by molar-refractivity contribution is 7.47. The lowest BCUT2D eigenvalue weighted by atomic mass is 10.0. The van der Waals surface area contributed by atoms with Crippen LogP contribution in [0, 0.1) is 0 Å². The second-order valence-electron chi connectivity index (χ2n) is 22.8. The van der Waals surface area contributed by atoms with Gasteiger partial charge in [-0.25, -0.2) is 4.57 Å². The van der Waals surface area contributed by atoms with Gasteiger partial charge in [-0.05, 0) is 70.6 Å². The van der Waals surface area contributed by atoms with Crippen molar-refractivity contribution in [2.45, 2.75) is 290 Å². The number of carbonyl (C=O) groups excluding carboxylic acids is 2. The van der Waals surface area contributed by atoms with Crippen molar-refractivity contribution < 1.29 is 42.1 Å². The Hall–Kier alpha value is -2.81. The molecule has 0 aromatic heterocycles. The van der Waals surface area contributed by atoms with E-state index in [2.05, 4.69) is 80.7 Å². The number of nitrogens with zero attached hydrogens (tertiary/aromatic N) is 1. The van der Waals surface area contributed by atoms with Crippen LogP contribution in [-0.4, -0.2) is 74.9 Å². The fourth-order valence-corrected chi connectivity index (χ4v) is 9.75. The summed E-state index contributed by atoms with van der Waals surface area (Å²) >= 11 is 0. The molecule has 10 heteroatoms. The highest BCUT2D eigenvalue weighted by Crippen LogP contribution is 2.43. The summed E-state index contributed by atoms with van der Waals surface area (Å²) in [7, 11) is 1.42. The van der Waals surface area contributed by atoms with Gasteiger partial charge < -0.3 is 18.9 Å². The molecular formula is C68H123NO8P+. The van der Waals surface area contributed by atoms with E-state index in [1.165, 1.54) is 199 Å². The topological polar surface area (TPSA) is 108 Å². The van der Waals surface area contributed by atoms with Crippen LogP contribution < -0.4 is 0 Å². The first-order chi connectivity index (χ1) is 38.0. The van der Waals surface area contributed by atoms with Crippen molar-refractivity contribution in [3.8, 4) is 0 Å². The van der Waals surface area contributed by atoms with Crippen molar-refractivity contribution in [3.05, 3.63) is 85.1 Å². The van der Waals surface area contributed by atoms with Crippen LogP contribution in [0.1, 0.15) is 284 Å². The standard InChI is InChI=1S/C68H122NO8P/c1-6-8-10-12-14-16-18-20-22-23-24-25-26-27-28-29-30-31-32-33-34-35-36-37-38-39-40-41-42-43-44-45-47-48-50-52-54-56-58-60-67(70)74-64-66(65-76-78(72,73)75-63-62-69(3,4)5)77-68(71)61-59-57-55-53-51-49-46-21-19-17-15-13-11-9-7-2/h9,11,15,17-18,20-21,23-24,46,51,53,57,59,66H,6-8,10,12-14,16,19,22,25-45,47-50,52,54-56,58,60-65H2,1-5H3/p+1/b11-9-,17-15-,20-18-,24-23-,46-21-,53-51-,59-57-. The Labute approximate surface area is 481 Å². The molecule has 452 valence electrons. The lowest BCUT2D eigenvalue weighted by molar-refractivity contribution is -0.870. The highest BCUT2D eigenvalue weighted by atomic mass is 31.2. The molecule has 0 aromatic rings.